The maximum atomic E-state index is 8.70. The van der Waals surface area contributed by atoms with Crippen molar-refractivity contribution in [2.24, 2.45) is 0 Å². The van der Waals surface area contributed by atoms with Gasteiger partial charge in [0.25, 0.3) is 0 Å². The fraction of sp³-hybridized carbons (Fsp3) is 0.0833. The highest BCUT2D eigenvalue weighted by Crippen LogP contribution is 2.28. The van der Waals surface area contributed by atoms with Gasteiger partial charge in [-0.05, 0) is 30.7 Å². The maximum Gasteiger partial charge on any atom is 0.323 e. The molecule has 5 heteroatoms. The van der Waals surface area contributed by atoms with Crippen molar-refractivity contribution in [3.8, 4) is 17.8 Å². The number of nitrogens with zero attached hydrogens (tertiary/aromatic N) is 3. The molecule has 0 amide bonds. The van der Waals surface area contributed by atoms with Gasteiger partial charge in [-0.3, -0.25) is 0 Å². The number of hydrogen-bond acceptors (Lipinski definition) is 4. The van der Waals surface area contributed by atoms with E-state index in [-0.39, 0.29) is 11.7 Å². The van der Waals surface area contributed by atoms with Crippen molar-refractivity contribution in [2.75, 3.05) is 0 Å². The van der Waals surface area contributed by atoms with E-state index in [0.29, 0.717) is 10.8 Å². The number of nitriles is 1. The SMILES string of the molecule is Cc1ccc(Oc2nccc(C#N)n2)c(Cl)c1. The van der Waals surface area contributed by atoms with Crippen LogP contribution >= 0.6 is 11.6 Å². The molecule has 0 atom stereocenters. The zero-order valence-electron chi connectivity index (χ0n) is 9.01. The van der Waals surface area contributed by atoms with Gasteiger partial charge in [0.15, 0.2) is 0 Å². The Morgan fingerprint density at radius 1 is 1.35 bits per heavy atom. The zero-order chi connectivity index (χ0) is 12.3. The first-order valence-corrected chi connectivity index (χ1v) is 5.24. The molecule has 0 unspecified atom stereocenters. The summed E-state index contributed by atoms with van der Waals surface area (Å²) in [5, 5.41) is 9.18. The Balaban J connectivity index is 2.28. The molecule has 0 fully saturated rings. The molecule has 4 nitrogen and oxygen atoms in total. The molecule has 0 aliphatic heterocycles. The number of aromatic nitrogens is 2. The lowest BCUT2D eigenvalue weighted by Gasteiger charge is -2.05. The van der Waals surface area contributed by atoms with E-state index in [1.807, 2.05) is 19.1 Å². The Labute approximate surface area is 103 Å². The van der Waals surface area contributed by atoms with Crippen molar-refractivity contribution in [2.45, 2.75) is 6.92 Å². The van der Waals surface area contributed by atoms with Gasteiger partial charge in [0, 0.05) is 6.20 Å². The molecule has 1 aromatic heterocycles. The van der Waals surface area contributed by atoms with Crippen molar-refractivity contribution in [1.82, 2.24) is 9.97 Å². The molecule has 0 aliphatic rings. The second-order valence-corrected chi connectivity index (χ2v) is 3.78. The number of halogens is 1. The minimum absolute atomic E-state index is 0.106. The predicted octanol–water partition coefficient (Wildman–Crippen LogP) is 3.10. The molecule has 0 spiro atoms. The summed E-state index contributed by atoms with van der Waals surface area (Å²) in [5.41, 5.74) is 1.28. The van der Waals surface area contributed by atoms with Crippen LogP contribution in [0.1, 0.15) is 11.3 Å². The van der Waals surface area contributed by atoms with Crippen LogP contribution in [0, 0.1) is 18.3 Å². The molecule has 2 aromatic rings. The van der Waals surface area contributed by atoms with E-state index in [9.17, 15) is 0 Å². The van der Waals surface area contributed by atoms with Crippen LogP contribution in [0.2, 0.25) is 5.02 Å². The first-order chi connectivity index (χ1) is 8.19. The van der Waals surface area contributed by atoms with Gasteiger partial charge in [0.2, 0.25) is 0 Å². The zero-order valence-corrected chi connectivity index (χ0v) is 9.77. The van der Waals surface area contributed by atoms with Crippen LogP contribution in [0.4, 0.5) is 0 Å². The molecule has 1 heterocycles. The third kappa shape index (κ3) is 2.71. The third-order valence-corrected chi connectivity index (χ3v) is 2.33. The van der Waals surface area contributed by atoms with Crippen LogP contribution in [0.25, 0.3) is 0 Å². The molecular weight excluding hydrogens is 238 g/mol. The van der Waals surface area contributed by atoms with E-state index in [0.717, 1.165) is 5.56 Å². The fourth-order valence-corrected chi connectivity index (χ4v) is 1.51. The summed E-state index contributed by atoms with van der Waals surface area (Å²) in [6.45, 7) is 1.93. The topological polar surface area (TPSA) is 58.8 Å². The average molecular weight is 246 g/mol. The largest absolute Gasteiger partial charge is 0.423 e. The lowest BCUT2D eigenvalue weighted by molar-refractivity contribution is 0.441. The lowest BCUT2D eigenvalue weighted by Crippen LogP contribution is -1.94. The monoisotopic (exact) mass is 245 g/mol. The van der Waals surface area contributed by atoms with Crippen LogP contribution in [0.3, 0.4) is 0 Å². The average Bonchev–Trinajstić information content (AvgIpc) is 2.33. The van der Waals surface area contributed by atoms with Crippen LogP contribution in [0.5, 0.6) is 11.8 Å². The highest BCUT2D eigenvalue weighted by atomic mass is 35.5. The molecule has 0 saturated heterocycles. The quantitative estimate of drug-likeness (QED) is 0.816. The highest BCUT2D eigenvalue weighted by molar-refractivity contribution is 6.32. The first kappa shape index (κ1) is 11.4. The summed E-state index contributed by atoms with van der Waals surface area (Å²) < 4.78 is 5.40. The molecule has 0 radical (unpaired) electrons. The van der Waals surface area contributed by atoms with E-state index in [2.05, 4.69) is 9.97 Å². The number of hydrogen-bond donors (Lipinski definition) is 0. The highest BCUT2D eigenvalue weighted by Gasteiger charge is 2.06. The Hall–Kier alpha value is -2.12. The summed E-state index contributed by atoms with van der Waals surface area (Å²) in [6.07, 6.45) is 1.46. The van der Waals surface area contributed by atoms with Gasteiger partial charge in [-0.15, -0.1) is 0 Å². The van der Waals surface area contributed by atoms with Crippen LogP contribution in [0.15, 0.2) is 30.5 Å². The fourth-order valence-electron chi connectivity index (χ4n) is 1.24. The second-order valence-electron chi connectivity index (χ2n) is 3.37. The number of ether oxygens (including phenoxy) is 1. The third-order valence-electron chi connectivity index (χ3n) is 2.04. The summed E-state index contributed by atoms with van der Waals surface area (Å²) in [7, 11) is 0. The lowest BCUT2D eigenvalue weighted by atomic mass is 10.2. The van der Waals surface area contributed by atoms with Crippen LogP contribution in [-0.2, 0) is 0 Å². The molecule has 0 bridgehead atoms. The summed E-state index contributed by atoms with van der Waals surface area (Å²) in [5.74, 6) is 0.465. The Bertz CT molecular complexity index is 593. The van der Waals surface area contributed by atoms with Gasteiger partial charge in [-0.2, -0.15) is 10.2 Å². The standard InChI is InChI=1S/C12H8ClN3O/c1-8-2-3-11(10(13)6-8)17-12-15-5-4-9(7-14)16-12/h2-6H,1H3. The maximum absolute atomic E-state index is 8.70. The van der Waals surface area contributed by atoms with Crippen molar-refractivity contribution >= 4 is 11.6 Å². The van der Waals surface area contributed by atoms with E-state index < -0.39 is 0 Å². The van der Waals surface area contributed by atoms with Crippen molar-refractivity contribution < 1.29 is 4.74 Å². The van der Waals surface area contributed by atoms with Gasteiger partial charge in [-0.1, -0.05) is 17.7 Å². The summed E-state index contributed by atoms with van der Waals surface area (Å²) >= 11 is 6.01. The van der Waals surface area contributed by atoms with E-state index in [1.165, 1.54) is 12.3 Å². The van der Waals surface area contributed by atoms with E-state index in [1.54, 1.807) is 12.1 Å². The Morgan fingerprint density at radius 3 is 2.88 bits per heavy atom. The Kier molecular flexibility index (Phi) is 3.22. The van der Waals surface area contributed by atoms with Crippen molar-refractivity contribution in [3.05, 3.63) is 46.7 Å². The predicted molar refractivity (Wildman–Crippen MR) is 63.0 cm³/mol. The number of benzene rings is 1. The van der Waals surface area contributed by atoms with Gasteiger partial charge in [0.05, 0.1) is 5.02 Å². The molecule has 17 heavy (non-hydrogen) atoms. The minimum Gasteiger partial charge on any atom is -0.423 e. The van der Waals surface area contributed by atoms with Gasteiger partial charge in [-0.25, -0.2) is 4.98 Å². The van der Waals surface area contributed by atoms with E-state index >= 15 is 0 Å². The molecule has 84 valence electrons. The van der Waals surface area contributed by atoms with E-state index in [4.69, 9.17) is 21.6 Å². The van der Waals surface area contributed by atoms with Crippen molar-refractivity contribution in [3.63, 3.8) is 0 Å². The Morgan fingerprint density at radius 2 is 2.18 bits per heavy atom. The molecule has 2 rings (SSSR count). The van der Waals surface area contributed by atoms with Gasteiger partial charge >= 0.3 is 6.01 Å². The second kappa shape index (κ2) is 4.81. The smallest absolute Gasteiger partial charge is 0.323 e. The van der Waals surface area contributed by atoms with Crippen LogP contribution < -0.4 is 4.74 Å². The number of aryl methyl sites for hydroxylation is 1. The normalized spacial score (nSPS) is 9.71. The van der Waals surface area contributed by atoms with Gasteiger partial charge in [0.1, 0.15) is 17.5 Å². The molecule has 0 saturated carbocycles. The van der Waals surface area contributed by atoms with Gasteiger partial charge < -0.3 is 4.74 Å². The molecular formula is C12H8ClN3O. The van der Waals surface area contributed by atoms with Crippen molar-refractivity contribution in [1.29, 1.82) is 5.26 Å². The van der Waals surface area contributed by atoms with Crippen LogP contribution in [-0.4, -0.2) is 9.97 Å². The first-order valence-electron chi connectivity index (χ1n) is 4.86. The summed E-state index contributed by atoms with van der Waals surface area (Å²) in [6, 6.07) is 8.91. The summed E-state index contributed by atoms with van der Waals surface area (Å²) in [4.78, 5) is 7.80. The molecule has 0 aliphatic carbocycles. The minimum atomic E-state index is 0.106. The number of rotatable bonds is 2. The molecule has 1 aromatic carbocycles. The molecule has 0 N–H and O–H groups in total.